The number of fused-ring (bicyclic) bond motifs is 2. The average Bonchev–Trinajstić information content (AvgIpc) is 3.13. The fourth-order valence-electron chi connectivity index (χ4n) is 6.50. The summed E-state index contributed by atoms with van der Waals surface area (Å²) in [5, 5.41) is 10.6. The molecule has 8 aromatic rings. The van der Waals surface area contributed by atoms with E-state index < -0.39 is 0 Å². The molecule has 2 atom stereocenters. The molecule has 0 aliphatic heterocycles. The molecule has 0 nitrogen and oxygen atoms in total. The normalized spacial score (nSPS) is 11.7. The van der Waals surface area contributed by atoms with Gasteiger partial charge in [-0.25, -0.2) is 0 Å². The van der Waals surface area contributed by atoms with E-state index in [1.165, 1.54) is 76.1 Å². The molecule has 0 bridgehead atoms. The van der Waals surface area contributed by atoms with Gasteiger partial charge in [-0.2, -0.15) is 0 Å². The zero-order chi connectivity index (χ0) is 30.7. The minimum absolute atomic E-state index is 0.502. The summed E-state index contributed by atoms with van der Waals surface area (Å²) in [5.41, 5.74) is 7.84. The smallest absolute Gasteiger partial charge is 0.00150 e. The molecular formula is C44H32P2. The zero-order valence-electron chi connectivity index (χ0n) is 25.3. The van der Waals surface area contributed by atoms with Gasteiger partial charge in [-0.15, -0.1) is 0 Å². The molecule has 0 N–H and O–H groups in total. The Morgan fingerprint density at radius 2 is 0.630 bits per heavy atom. The predicted octanol–water partition coefficient (Wildman–Crippen LogP) is 10.3. The summed E-state index contributed by atoms with van der Waals surface area (Å²) < 4.78 is 0. The van der Waals surface area contributed by atoms with Crippen molar-refractivity contribution in [2.75, 3.05) is 0 Å². The van der Waals surface area contributed by atoms with Crippen molar-refractivity contribution >= 4 is 59.9 Å². The summed E-state index contributed by atoms with van der Waals surface area (Å²) in [6.07, 6.45) is 0. The van der Waals surface area contributed by atoms with Crippen LogP contribution in [0.1, 0.15) is 0 Å². The summed E-state index contributed by atoms with van der Waals surface area (Å²) in [4.78, 5) is 0. The van der Waals surface area contributed by atoms with Crippen molar-refractivity contribution in [2.24, 2.45) is 0 Å². The molecule has 0 aliphatic carbocycles. The van der Waals surface area contributed by atoms with Crippen LogP contribution < -0.4 is 21.2 Å². The first kappa shape index (κ1) is 28.6. The van der Waals surface area contributed by atoms with Crippen LogP contribution in [-0.4, -0.2) is 0 Å². The van der Waals surface area contributed by atoms with Gasteiger partial charge in [-0.05, 0) is 76.1 Å². The molecule has 2 heteroatoms. The fourth-order valence-corrected chi connectivity index (χ4v) is 9.27. The molecule has 8 rings (SSSR count). The molecule has 0 aliphatic rings. The van der Waals surface area contributed by atoms with Crippen LogP contribution >= 0.6 is 17.2 Å². The summed E-state index contributed by atoms with van der Waals surface area (Å²) in [5.74, 6) is 0. The minimum Gasteiger partial charge on any atom is -0.0622 e. The highest BCUT2D eigenvalue weighted by Crippen LogP contribution is 2.38. The highest BCUT2D eigenvalue weighted by atomic mass is 31.1. The fraction of sp³-hybridized carbons (Fsp3) is 0. The SMILES string of the molecule is c1ccc(-c2ccccc2Pc2ccc3ccccc3c2-c2c(Pc3ccccc3-c3ccccc3)ccc3ccccc23)cc1. The summed E-state index contributed by atoms with van der Waals surface area (Å²) in [6.45, 7) is 0. The largest absolute Gasteiger partial charge is 0.0622 e. The Kier molecular flexibility index (Phi) is 8.00. The molecule has 46 heavy (non-hydrogen) atoms. The lowest BCUT2D eigenvalue weighted by Gasteiger charge is -2.21. The first-order valence-corrected chi connectivity index (χ1v) is 17.7. The third kappa shape index (κ3) is 5.57. The maximum absolute atomic E-state index is 2.38. The van der Waals surface area contributed by atoms with Crippen molar-refractivity contribution in [1.82, 2.24) is 0 Å². The van der Waals surface area contributed by atoms with Crippen molar-refractivity contribution in [3.05, 3.63) is 182 Å². The standard InChI is InChI=1S/C44H32P2/c1-3-15-31(16-4-1)35-21-11-13-25-39(35)45-41-29-27-33-19-7-9-23-37(33)43(41)44-38-24-10-8-20-34(38)28-30-42(44)46-40-26-14-12-22-36(40)32-17-5-2-6-18-32/h1-30,45-46H. The van der Waals surface area contributed by atoms with Crippen molar-refractivity contribution in [1.29, 1.82) is 0 Å². The van der Waals surface area contributed by atoms with Gasteiger partial charge < -0.3 is 0 Å². The van der Waals surface area contributed by atoms with Gasteiger partial charge in [0.1, 0.15) is 0 Å². The highest BCUT2D eigenvalue weighted by molar-refractivity contribution is 7.57. The van der Waals surface area contributed by atoms with Crippen molar-refractivity contribution in [3.63, 3.8) is 0 Å². The third-order valence-electron chi connectivity index (χ3n) is 8.67. The number of hydrogen-bond donors (Lipinski definition) is 0. The lowest BCUT2D eigenvalue weighted by atomic mass is 9.93. The topological polar surface area (TPSA) is 0 Å². The Balaban J connectivity index is 1.36. The predicted molar refractivity (Wildman–Crippen MR) is 206 cm³/mol. The maximum Gasteiger partial charge on any atom is -0.00150 e. The van der Waals surface area contributed by atoms with E-state index in [2.05, 4.69) is 182 Å². The Bertz CT molecular complexity index is 2140. The first-order chi connectivity index (χ1) is 22.8. The van der Waals surface area contributed by atoms with Gasteiger partial charge in [0, 0.05) is 0 Å². The van der Waals surface area contributed by atoms with Crippen LogP contribution in [0.4, 0.5) is 0 Å². The second kappa shape index (κ2) is 12.9. The average molecular weight is 623 g/mol. The van der Waals surface area contributed by atoms with Gasteiger partial charge in [-0.3, -0.25) is 0 Å². The van der Waals surface area contributed by atoms with E-state index in [-0.39, 0.29) is 0 Å². The van der Waals surface area contributed by atoms with E-state index in [9.17, 15) is 0 Å². The molecule has 0 saturated carbocycles. The second-order valence-electron chi connectivity index (χ2n) is 11.5. The van der Waals surface area contributed by atoms with E-state index in [4.69, 9.17) is 0 Å². The van der Waals surface area contributed by atoms with Crippen molar-refractivity contribution in [2.45, 2.75) is 0 Å². The molecule has 218 valence electrons. The second-order valence-corrected chi connectivity index (χ2v) is 14.1. The molecule has 0 fully saturated rings. The van der Waals surface area contributed by atoms with Crippen LogP contribution in [0.3, 0.4) is 0 Å². The van der Waals surface area contributed by atoms with Crippen LogP contribution in [-0.2, 0) is 0 Å². The van der Waals surface area contributed by atoms with Gasteiger partial charge >= 0.3 is 0 Å². The van der Waals surface area contributed by atoms with E-state index >= 15 is 0 Å². The lowest BCUT2D eigenvalue weighted by molar-refractivity contribution is 1.65. The van der Waals surface area contributed by atoms with Crippen LogP contribution in [0, 0.1) is 0 Å². The number of benzene rings is 8. The Morgan fingerprint density at radius 1 is 0.261 bits per heavy atom. The quantitative estimate of drug-likeness (QED) is 0.155. The molecule has 0 spiro atoms. The van der Waals surface area contributed by atoms with Gasteiger partial charge in [0.25, 0.3) is 0 Å². The highest BCUT2D eigenvalue weighted by Gasteiger charge is 2.19. The van der Waals surface area contributed by atoms with Crippen LogP contribution in [0.25, 0.3) is 54.9 Å². The summed E-state index contributed by atoms with van der Waals surface area (Å²) in [6, 6.07) is 66.6. The van der Waals surface area contributed by atoms with Crippen LogP contribution in [0.5, 0.6) is 0 Å². The van der Waals surface area contributed by atoms with E-state index in [1.807, 2.05) is 0 Å². The summed E-state index contributed by atoms with van der Waals surface area (Å²) >= 11 is 0. The maximum atomic E-state index is 2.38. The van der Waals surface area contributed by atoms with Crippen LogP contribution in [0.15, 0.2) is 182 Å². The van der Waals surface area contributed by atoms with Gasteiger partial charge in [0.15, 0.2) is 0 Å². The zero-order valence-corrected chi connectivity index (χ0v) is 27.3. The Hall–Kier alpha value is -4.86. The number of rotatable bonds is 7. The monoisotopic (exact) mass is 622 g/mol. The molecule has 0 amide bonds. The molecule has 0 saturated heterocycles. The Morgan fingerprint density at radius 3 is 1.09 bits per heavy atom. The van der Waals surface area contributed by atoms with Gasteiger partial charge in [0.05, 0.1) is 0 Å². The molecule has 0 aromatic heterocycles. The molecule has 2 unspecified atom stereocenters. The molecular weight excluding hydrogens is 590 g/mol. The van der Waals surface area contributed by atoms with E-state index in [1.54, 1.807) is 0 Å². The van der Waals surface area contributed by atoms with Gasteiger partial charge in [0.2, 0.25) is 0 Å². The lowest BCUT2D eigenvalue weighted by Crippen LogP contribution is -2.15. The van der Waals surface area contributed by atoms with E-state index in [0.717, 1.165) is 0 Å². The third-order valence-corrected chi connectivity index (χ3v) is 11.5. The first-order valence-electron chi connectivity index (χ1n) is 15.7. The molecule has 8 aromatic carbocycles. The van der Waals surface area contributed by atoms with Crippen molar-refractivity contribution < 1.29 is 0 Å². The molecule has 0 heterocycles. The van der Waals surface area contributed by atoms with E-state index in [0.29, 0.717) is 17.2 Å². The van der Waals surface area contributed by atoms with Gasteiger partial charge in [-0.1, -0.05) is 199 Å². The summed E-state index contributed by atoms with van der Waals surface area (Å²) in [7, 11) is 1.00. The van der Waals surface area contributed by atoms with Crippen molar-refractivity contribution in [3.8, 4) is 33.4 Å². The minimum atomic E-state index is 0.502. The Labute approximate surface area is 274 Å². The molecule has 0 radical (unpaired) electrons. The van der Waals surface area contributed by atoms with Crippen LogP contribution in [0.2, 0.25) is 0 Å². The number of hydrogen-bond acceptors (Lipinski definition) is 0.